The predicted molar refractivity (Wildman–Crippen MR) is 96.9 cm³/mol. The molecule has 1 unspecified atom stereocenters. The first kappa shape index (κ1) is 19.9. The molecule has 1 aromatic carbocycles. The highest BCUT2D eigenvalue weighted by Crippen LogP contribution is 2.13. The number of benzene rings is 1. The van der Waals surface area contributed by atoms with E-state index >= 15 is 0 Å². The third-order valence-corrected chi connectivity index (χ3v) is 3.79. The van der Waals surface area contributed by atoms with Crippen LogP contribution < -0.4 is 5.73 Å². The highest BCUT2D eigenvalue weighted by Gasteiger charge is 2.19. The highest BCUT2D eigenvalue weighted by atomic mass is 35.5. The van der Waals surface area contributed by atoms with Gasteiger partial charge in [-0.1, -0.05) is 12.1 Å². The molecule has 1 atom stereocenters. The molecule has 0 radical (unpaired) electrons. The van der Waals surface area contributed by atoms with E-state index in [1.807, 2.05) is 10.9 Å². The Bertz CT molecular complexity index is 605. The Morgan fingerprint density at radius 2 is 2.17 bits per heavy atom. The molecular formula is C16H24Cl2N4O. The molecular weight excluding hydrogens is 335 g/mol. The zero-order chi connectivity index (χ0) is 14.7. The van der Waals surface area contributed by atoms with Crippen molar-refractivity contribution in [3.63, 3.8) is 0 Å². The Labute approximate surface area is 149 Å². The fourth-order valence-corrected chi connectivity index (χ4v) is 2.68. The van der Waals surface area contributed by atoms with Crippen LogP contribution in [0.3, 0.4) is 0 Å². The molecule has 2 heterocycles. The van der Waals surface area contributed by atoms with Gasteiger partial charge in [0.15, 0.2) is 0 Å². The van der Waals surface area contributed by atoms with Crippen LogP contribution in [0.2, 0.25) is 0 Å². The molecule has 7 heteroatoms. The largest absolute Gasteiger partial charge is 0.374 e. The van der Waals surface area contributed by atoms with Crippen LogP contribution in [0.5, 0.6) is 0 Å². The second-order valence-electron chi connectivity index (χ2n) is 5.60. The van der Waals surface area contributed by atoms with Crippen LogP contribution in [0.1, 0.15) is 11.1 Å². The lowest BCUT2D eigenvalue weighted by molar-refractivity contribution is -0.0260. The molecule has 0 bridgehead atoms. The molecule has 1 aromatic heterocycles. The monoisotopic (exact) mass is 358 g/mol. The summed E-state index contributed by atoms with van der Waals surface area (Å²) in [5.41, 5.74) is 9.24. The molecule has 5 nitrogen and oxygen atoms in total. The highest BCUT2D eigenvalue weighted by molar-refractivity contribution is 5.85. The van der Waals surface area contributed by atoms with E-state index in [1.54, 1.807) is 0 Å². The molecule has 1 saturated heterocycles. The van der Waals surface area contributed by atoms with Gasteiger partial charge in [-0.25, -0.2) is 4.68 Å². The Balaban J connectivity index is 0.00000132. The summed E-state index contributed by atoms with van der Waals surface area (Å²) in [7, 11) is 0. The van der Waals surface area contributed by atoms with E-state index in [4.69, 9.17) is 10.5 Å². The fraction of sp³-hybridized carbons (Fsp3) is 0.438. The number of nitrogens with two attached hydrogens (primary N) is 1. The van der Waals surface area contributed by atoms with Crippen molar-refractivity contribution < 1.29 is 4.74 Å². The van der Waals surface area contributed by atoms with Crippen molar-refractivity contribution in [2.24, 2.45) is 5.73 Å². The molecule has 1 fully saturated rings. The summed E-state index contributed by atoms with van der Waals surface area (Å²) in [5, 5.41) is 4.47. The molecule has 2 aromatic rings. The maximum absolute atomic E-state index is 5.68. The first-order chi connectivity index (χ1) is 10.2. The van der Waals surface area contributed by atoms with Gasteiger partial charge in [0.05, 0.1) is 24.6 Å². The van der Waals surface area contributed by atoms with Gasteiger partial charge in [0.25, 0.3) is 0 Å². The molecule has 0 spiro atoms. The molecule has 0 aliphatic carbocycles. The normalized spacial score (nSPS) is 18.1. The number of hydrogen-bond acceptors (Lipinski definition) is 4. The standard InChI is InChI=1S/C16H22N4O.2ClH/c1-13-3-2-4-15(7-13)20-11-14(9-18-20)10-19-5-6-21-16(8-17)12-19;;/h2-4,7,9,11,16H,5-6,8,10,12,17H2,1H3;2*1H. The summed E-state index contributed by atoms with van der Waals surface area (Å²) < 4.78 is 7.53. The lowest BCUT2D eigenvalue weighted by atomic mass is 10.2. The number of ether oxygens (including phenoxy) is 1. The smallest absolute Gasteiger partial charge is 0.0824 e. The third kappa shape index (κ3) is 5.19. The van der Waals surface area contributed by atoms with Crippen molar-refractivity contribution in [2.45, 2.75) is 19.6 Å². The van der Waals surface area contributed by atoms with Crippen molar-refractivity contribution >= 4 is 24.8 Å². The molecule has 23 heavy (non-hydrogen) atoms. The molecule has 3 rings (SSSR count). The lowest BCUT2D eigenvalue weighted by Crippen LogP contribution is -2.45. The zero-order valence-electron chi connectivity index (χ0n) is 13.2. The molecule has 1 aliphatic rings. The van der Waals surface area contributed by atoms with E-state index in [1.165, 1.54) is 11.1 Å². The van der Waals surface area contributed by atoms with Gasteiger partial charge in [-0.3, -0.25) is 4.90 Å². The summed E-state index contributed by atoms with van der Waals surface area (Å²) in [6, 6.07) is 8.35. The van der Waals surface area contributed by atoms with Crippen molar-refractivity contribution in [2.75, 3.05) is 26.2 Å². The Morgan fingerprint density at radius 3 is 2.91 bits per heavy atom. The van der Waals surface area contributed by atoms with E-state index in [0.717, 1.165) is 31.9 Å². The van der Waals surface area contributed by atoms with E-state index in [9.17, 15) is 0 Å². The number of nitrogens with zero attached hydrogens (tertiary/aromatic N) is 3. The van der Waals surface area contributed by atoms with Crippen LogP contribution in [0.15, 0.2) is 36.7 Å². The number of aryl methyl sites for hydroxylation is 1. The lowest BCUT2D eigenvalue weighted by Gasteiger charge is -2.31. The van der Waals surface area contributed by atoms with Crippen LogP contribution in [0.25, 0.3) is 5.69 Å². The van der Waals surface area contributed by atoms with Gasteiger partial charge in [-0.15, -0.1) is 24.8 Å². The van der Waals surface area contributed by atoms with Crippen molar-refractivity contribution in [1.29, 1.82) is 0 Å². The first-order valence-electron chi connectivity index (χ1n) is 7.39. The zero-order valence-corrected chi connectivity index (χ0v) is 14.9. The van der Waals surface area contributed by atoms with Gasteiger partial charge in [0, 0.05) is 37.9 Å². The van der Waals surface area contributed by atoms with Gasteiger partial charge in [-0.2, -0.15) is 5.10 Å². The molecule has 0 saturated carbocycles. The fourth-order valence-electron chi connectivity index (χ4n) is 2.68. The molecule has 2 N–H and O–H groups in total. The average Bonchev–Trinajstić information content (AvgIpc) is 2.96. The summed E-state index contributed by atoms with van der Waals surface area (Å²) >= 11 is 0. The number of rotatable bonds is 4. The van der Waals surface area contributed by atoms with E-state index in [0.29, 0.717) is 6.54 Å². The van der Waals surface area contributed by atoms with E-state index < -0.39 is 0 Å². The SMILES string of the molecule is Cc1cccc(-n2cc(CN3CCOC(CN)C3)cn2)c1.Cl.Cl. The minimum atomic E-state index is 0. The summed E-state index contributed by atoms with van der Waals surface area (Å²) in [5.74, 6) is 0. The summed E-state index contributed by atoms with van der Waals surface area (Å²) in [4.78, 5) is 2.37. The average molecular weight is 359 g/mol. The van der Waals surface area contributed by atoms with Crippen LogP contribution >= 0.6 is 24.8 Å². The van der Waals surface area contributed by atoms with Crippen LogP contribution in [-0.2, 0) is 11.3 Å². The van der Waals surface area contributed by atoms with Gasteiger partial charge >= 0.3 is 0 Å². The van der Waals surface area contributed by atoms with Crippen molar-refractivity contribution in [1.82, 2.24) is 14.7 Å². The summed E-state index contributed by atoms with van der Waals surface area (Å²) in [6.07, 6.45) is 4.20. The topological polar surface area (TPSA) is 56.3 Å². The van der Waals surface area contributed by atoms with Crippen LogP contribution in [0.4, 0.5) is 0 Å². The number of aromatic nitrogens is 2. The maximum Gasteiger partial charge on any atom is 0.0824 e. The van der Waals surface area contributed by atoms with Crippen LogP contribution in [0, 0.1) is 6.92 Å². The summed E-state index contributed by atoms with van der Waals surface area (Å²) in [6.45, 7) is 6.17. The van der Waals surface area contributed by atoms with E-state index in [-0.39, 0.29) is 30.9 Å². The van der Waals surface area contributed by atoms with Gasteiger partial charge < -0.3 is 10.5 Å². The molecule has 1 aliphatic heterocycles. The quantitative estimate of drug-likeness (QED) is 0.909. The molecule has 128 valence electrons. The second kappa shape index (κ2) is 9.25. The maximum atomic E-state index is 5.68. The Kier molecular flexibility index (Phi) is 8.02. The predicted octanol–water partition coefficient (Wildman–Crippen LogP) is 2.18. The Hall–Kier alpha value is -1.11. The van der Waals surface area contributed by atoms with Gasteiger partial charge in [0.1, 0.15) is 0 Å². The number of hydrogen-bond donors (Lipinski definition) is 1. The van der Waals surface area contributed by atoms with Crippen molar-refractivity contribution in [3.8, 4) is 5.69 Å². The molecule has 0 amide bonds. The third-order valence-electron chi connectivity index (χ3n) is 3.79. The van der Waals surface area contributed by atoms with Gasteiger partial charge in [0.2, 0.25) is 0 Å². The Morgan fingerprint density at radius 1 is 1.35 bits per heavy atom. The second-order valence-corrected chi connectivity index (χ2v) is 5.60. The number of morpholine rings is 1. The first-order valence-corrected chi connectivity index (χ1v) is 7.39. The van der Waals surface area contributed by atoms with Crippen molar-refractivity contribution in [3.05, 3.63) is 47.8 Å². The van der Waals surface area contributed by atoms with E-state index in [2.05, 4.69) is 47.4 Å². The van der Waals surface area contributed by atoms with Gasteiger partial charge in [-0.05, 0) is 24.6 Å². The van der Waals surface area contributed by atoms with Crippen LogP contribution in [-0.4, -0.2) is 47.0 Å². The number of halogens is 2. The minimum absolute atomic E-state index is 0. The minimum Gasteiger partial charge on any atom is -0.374 e.